The molecule has 0 unspecified atom stereocenters. The number of nitrogens with one attached hydrogen (secondary N) is 2. The highest BCUT2D eigenvalue weighted by Crippen LogP contribution is 2.09. The van der Waals surface area contributed by atoms with Crippen LogP contribution in [0, 0.1) is 0 Å². The minimum Gasteiger partial charge on any atom is -0.356 e. The van der Waals surface area contributed by atoms with E-state index in [0.29, 0.717) is 6.04 Å². The average Bonchev–Trinajstić information content (AvgIpc) is 2.58. The lowest BCUT2D eigenvalue weighted by atomic mass is 10.3. The summed E-state index contributed by atoms with van der Waals surface area (Å²) in [5.74, 6) is 1.73. The molecule has 2 N–H and O–H groups in total. The number of hydrogen-bond acceptors (Lipinski definition) is 5. The van der Waals surface area contributed by atoms with Gasteiger partial charge in [-0.25, -0.2) is 9.97 Å². The van der Waals surface area contributed by atoms with Crippen LogP contribution in [-0.4, -0.2) is 73.2 Å². The summed E-state index contributed by atoms with van der Waals surface area (Å²) in [6, 6.07) is 2.25. The molecule has 0 aromatic carbocycles. The third kappa shape index (κ3) is 6.02. The van der Waals surface area contributed by atoms with Crippen molar-refractivity contribution in [1.82, 2.24) is 25.5 Å². The van der Waals surface area contributed by atoms with E-state index in [-0.39, 0.29) is 0 Å². The highest BCUT2D eigenvalue weighted by molar-refractivity contribution is 5.79. The number of rotatable bonds is 6. The standard InChI is InChI=1S/C16H29N7/c1-14(2)21-15(17-3)18-8-5-9-22-10-12-23(13-11-22)16-19-6-4-7-20-16/h4,6-7,14H,5,8-13H2,1-3H3,(H2,17,18,21). The van der Waals surface area contributed by atoms with Crippen LogP contribution in [0.25, 0.3) is 0 Å². The molecule has 0 bridgehead atoms. The Bertz CT molecular complexity index is 467. The number of nitrogens with zero attached hydrogens (tertiary/aromatic N) is 5. The zero-order chi connectivity index (χ0) is 16.5. The van der Waals surface area contributed by atoms with Gasteiger partial charge in [-0.05, 0) is 32.9 Å². The van der Waals surface area contributed by atoms with Crippen molar-refractivity contribution in [2.24, 2.45) is 4.99 Å². The largest absolute Gasteiger partial charge is 0.356 e. The molecular weight excluding hydrogens is 290 g/mol. The van der Waals surface area contributed by atoms with Gasteiger partial charge in [0.2, 0.25) is 5.95 Å². The maximum absolute atomic E-state index is 4.32. The topological polar surface area (TPSA) is 68.7 Å². The van der Waals surface area contributed by atoms with Crippen LogP contribution in [0.1, 0.15) is 20.3 Å². The Hall–Kier alpha value is -1.89. The summed E-state index contributed by atoms with van der Waals surface area (Å²) in [4.78, 5) is 17.6. The van der Waals surface area contributed by atoms with Gasteiger partial charge < -0.3 is 15.5 Å². The van der Waals surface area contributed by atoms with Crippen LogP contribution in [0.4, 0.5) is 5.95 Å². The van der Waals surface area contributed by atoms with Crippen LogP contribution in [0.3, 0.4) is 0 Å². The Morgan fingerprint density at radius 3 is 2.52 bits per heavy atom. The number of hydrogen-bond donors (Lipinski definition) is 2. The second kappa shape index (κ2) is 9.29. The quantitative estimate of drug-likeness (QED) is 0.454. The van der Waals surface area contributed by atoms with Crippen molar-refractivity contribution >= 4 is 11.9 Å². The predicted molar refractivity (Wildman–Crippen MR) is 94.9 cm³/mol. The Kier molecular flexibility index (Phi) is 7.06. The van der Waals surface area contributed by atoms with Crippen LogP contribution in [0.15, 0.2) is 23.5 Å². The molecule has 1 aliphatic heterocycles. The lowest BCUT2D eigenvalue weighted by Crippen LogP contribution is -2.48. The summed E-state index contributed by atoms with van der Waals surface area (Å²) in [7, 11) is 1.81. The van der Waals surface area contributed by atoms with E-state index in [1.807, 2.05) is 13.1 Å². The number of aliphatic imine (C=N–C) groups is 1. The Balaban J connectivity index is 1.62. The second-order valence-electron chi connectivity index (χ2n) is 6.03. The molecule has 1 aromatic heterocycles. The molecule has 7 nitrogen and oxygen atoms in total. The SMILES string of the molecule is CN=C(NCCCN1CCN(c2ncccn2)CC1)NC(C)C. The highest BCUT2D eigenvalue weighted by Gasteiger charge is 2.18. The monoisotopic (exact) mass is 319 g/mol. The van der Waals surface area contributed by atoms with Crippen molar-refractivity contribution in [3.05, 3.63) is 18.5 Å². The van der Waals surface area contributed by atoms with E-state index in [1.165, 1.54) is 0 Å². The van der Waals surface area contributed by atoms with E-state index in [1.54, 1.807) is 12.4 Å². The zero-order valence-electron chi connectivity index (χ0n) is 14.5. The summed E-state index contributed by atoms with van der Waals surface area (Å²) >= 11 is 0. The predicted octanol–water partition coefficient (Wildman–Crippen LogP) is 0.562. The van der Waals surface area contributed by atoms with Gasteiger partial charge in [-0.2, -0.15) is 0 Å². The molecule has 0 amide bonds. The molecule has 0 saturated carbocycles. The second-order valence-corrected chi connectivity index (χ2v) is 6.03. The maximum atomic E-state index is 4.32. The molecule has 128 valence electrons. The molecule has 0 spiro atoms. The van der Waals surface area contributed by atoms with Gasteiger partial charge in [0.1, 0.15) is 0 Å². The van der Waals surface area contributed by atoms with Gasteiger partial charge in [0, 0.05) is 58.2 Å². The molecule has 1 fully saturated rings. The first-order valence-corrected chi connectivity index (χ1v) is 8.40. The van der Waals surface area contributed by atoms with E-state index in [0.717, 1.165) is 57.6 Å². The van der Waals surface area contributed by atoms with Crippen LogP contribution in [-0.2, 0) is 0 Å². The van der Waals surface area contributed by atoms with Crippen molar-refractivity contribution in [2.75, 3.05) is 51.2 Å². The van der Waals surface area contributed by atoms with E-state index < -0.39 is 0 Å². The number of anilines is 1. The fourth-order valence-corrected chi connectivity index (χ4v) is 2.60. The van der Waals surface area contributed by atoms with Gasteiger partial charge in [-0.3, -0.25) is 9.89 Å². The van der Waals surface area contributed by atoms with E-state index in [4.69, 9.17) is 0 Å². The minimum absolute atomic E-state index is 0.398. The molecular formula is C16H29N7. The Morgan fingerprint density at radius 1 is 1.22 bits per heavy atom. The minimum atomic E-state index is 0.398. The van der Waals surface area contributed by atoms with Gasteiger partial charge in [-0.15, -0.1) is 0 Å². The van der Waals surface area contributed by atoms with Gasteiger partial charge >= 0.3 is 0 Å². The number of piperazine rings is 1. The summed E-state index contributed by atoms with van der Waals surface area (Å²) in [5, 5.41) is 6.65. The molecule has 1 saturated heterocycles. The van der Waals surface area contributed by atoms with Crippen molar-refractivity contribution < 1.29 is 0 Å². The number of guanidine groups is 1. The van der Waals surface area contributed by atoms with Gasteiger partial charge in [0.15, 0.2) is 5.96 Å². The fourth-order valence-electron chi connectivity index (χ4n) is 2.60. The smallest absolute Gasteiger partial charge is 0.225 e. The molecule has 0 atom stereocenters. The molecule has 1 aromatic rings. The normalized spacial score (nSPS) is 16.7. The summed E-state index contributed by atoms with van der Waals surface area (Å²) in [6.45, 7) is 10.4. The molecule has 23 heavy (non-hydrogen) atoms. The van der Waals surface area contributed by atoms with Gasteiger partial charge in [0.05, 0.1) is 0 Å². The summed E-state index contributed by atoms with van der Waals surface area (Å²) < 4.78 is 0. The molecule has 2 heterocycles. The Morgan fingerprint density at radius 2 is 1.91 bits per heavy atom. The lowest BCUT2D eigenvalue weighted by molar-refractivity contribution is 0.254. The lowest BCUT2D eigenvalue weighted by Gasteiger charge is -2.34. The molecule has 2 rings (SSSR count). The maximum Gasteiger partial charge on any atom is 0.225 e. The van der Waals surface area contributed by atoms with Crippen LogP contribution >= 0.6 is 0 Å². The van der Waals surface area contributed by atoms with Crippen molar-refractivity contribution in [3.8, 4) is 0 Å². The molecule has 0 radical (unpaired) electrons. The highest BCUT2D eigenvalue weighted by atomic mass is 15.3. The first-order valence-electron chi connectivity index (χ1n) is 8.40. The third-order valence-corrected chi connectivity index (χ3v) is 3.80. The van der Waals surface area contributed by atoms with Crippen LogP contribution < -0.4 is 15.5 Å². The fraction of sp³-hybridized carbons (Fsp3) is 0.688. The van der Waals surface area contributed by atoms with E-state index >= 15 is 0 Å². The van der Waals surface area contributed by atoms with Crippen LogP contribution in [0.2, 0.25) is 0 Å². The van der Waals surface area contributed by atoms with E-state index in [9.17, 15) is 0 Å². The molecule has 1 aliphatic rings. The first kappa shape index (κ1) is 17.5. The third-order valence-electron chi connectivity index (χ3n) is 3.80. The van der Waals surface area contributed by atoms with Gasteiger partial charge in [0.25, 0.3) is 0 Å². The summed E-state index contributed by atoms with van der Waals surface area (Å²) in [6.07, 6.45) is 4.72. The van der Waals surface area contributed by atoms with Crippen molar-refractivity contribution in [1.29, 1.82) is 0 Å². The van der Waals surface area contributed by atoms with E-state index in [2.05, 4.69) is 49.2 Å². The average molecular weight is 319 g/mol. The number of aromatic nitrogens is 2. The van der Waals surface area contributed by atoms with Crippen molar-refractivity contribution in [3.63, 3.8) is 0 Å². The molecule has 7 heteroatoms. The van der Waals surface area contributed by atoms with Crippen molar-refractivity contribution in [2.45, 2.75) is 26.3 Å². The van der Waals surface area contributed by atoms with Crippen LogP contribution in [0.5, 0.6) is 0 Å². The van der Waals surface area contributed by atoms with Gasteiger partial charge in [-0.1, -0.05) is 0 Å². The Labute approximate surface area is 139 Å². The summed E-state index contributed by atoms with van der Waals surface area (Å²) in [5.41, 5.74) is 0. The first-order chi connectivity index (χ1) is 11.2. The molecule has 0 aliphatic carbocycles. The zero-order valence-corrected chi connectivity index (χ0v) is 14.5.